The van der Waals surface area contributed by atoms with E-state index in [0.717, 1.165) is 6.07 Å². The minimum Gasteiger partial charge on any atom is -0.496 e. The summed E-state index contributed by atoms with van der Waals surface area (Å²) in [4.78, 5) is 10.5. The van der Waals surface area contributed by atoms with Gasteiger partial charge >= 0.3 is 5.97 Å². The van der Waals surface area contributed by atoms with Gasteiger partial charge in [0.2, 0.25) is 6.17 Å². The van der Waals surface area contributed by atoms with Crippen molar-refractivity contribution in [3.05, 3.63) is 29.6 Å². The van der Waals surface area contributed by atoms with Gasteiger partial charge in [-0.3, -0.25) is 0 Å². The summed E-state index contributed by atoms with van der Waals surface area (Å²) in [5.41, 5.74) is -0.0556. The molecule has 0 fully saturated rings. The molecule has 1 aromatic carbocycles. The van der Waals surface area contributed by atoms with Crippen molar-refractivity contribution in [1.82, 2.24) is 0 Å². The first-order valence-corrected chi connectivity index (χ1v) is 4.68. The first-order chi connectivity index (χ1) is 7.49. The highest BCUT2D eigenvalue weighted by Crippen LogP contribution is 2.32. The van der Waals surface area contributed by atoms with Crippen LogP contribution in [-0.2, 0) is 4.79 Å². The summed E-state index contributed by atoms with van der Waals surface area (Å²) in [5.74, 6) is -3.24. The van der Waals surface area contributed by atoms with Crippen molar-refractivity contribution in [3.63, 3.8) is 0 Å². The van der Waals surface area contributed by atoms with Gasteiger partial charge in [-0.05, 0) is 12.1 Å². The molecule has 88 valence electrons. The molecule has 0 aliphatic carbocycles. The zero-order valence-electron chi connectivity index (χ0n) is 8.91. The van der Waals surface area contributed by atoms with Gasteiger partial charge in [-0.25, -0.2) is 13.6 Å². The molecule has 0 radical (unpaired) electrons. The predicted molar refractivity (Wildman–Crippen MR) is 53.9 cm³/mol. The molecule has 2 atom stereocenters. The van der Waals surface area contributed by atoms with Crippen molar-refractivity contribution < 1.29 is 23.4 Å². The van der Waals surface area contributed by atoms with Gasteiger partial charge in [0.25, 0.3) is 0 Å². The van der Waals surface area contributed by atoms with Gasteiger partial charge < -0.3 is 9.84 Å². The van der Waals surface area contributed by atoms with E-state index in [4.69, 9.17) is 9.84 Å². The fourth-order valence-electron chi connectivity index (χ4n) is 1.50. The number of carboxylic acids is 1. The Balaban J connectivity index is 3.16. The van der Waals surface area contributed by atoms with Gasteiger partial charge in [-0.15, -0.1) is 0 Å². The molecule has 1 rings (SSSR count). The van der Waals surface area contributed by atoms with Crippen LogP contribution in [-0.4, -0.2) is 24.4 Å². The molecule has 2 unspecified atom stereocenters. The van der Waals surface area contributed by atoms with E-state index in [1.807, 2.05) is 0 Å². The zero-order valence-corrected chi connectivity index (χ0v) is 8.91. The first-order valence-electron chi connectivity index (χ1n) is 4.68. The molecular formula is C11H12F2O3. The van der Waals surface area contributed by atoms with Gasteiger partial charge in [0.1, 0.15) is 11.6 Å². The minimum atomic E-state index is -2.16. The maximum absolute atomic E-state index is 13.5. The second kappa shape index (κ2) is 4.92. The number of ether oxygens (including phenoxy) is 1. The highest BCUT2D eigenvalue weighted by Gasteiger charge is 2.29. The molecule has 0 aromatic heterocycles. The number of carbonyl (C=O) groups is 1. The topological polar surface area (TPSA) is 46.5 Å². The van der Waals surface area contributed by atoms with E-state index in [1.54, 1.807) is 0 Å². The number of alkyl halides is 1. The predicted octanol–water partition coefficient (Wildman–Crippen LogP) is 2.36. The van der Waals surface area contributed by atoms with Crippen LogP contribution in [0.4, 0.5) is 8.78 Å². The Hall–Kier alpha value is -1.65. The second-order valence-electron chi connectivity index (χ2n) is 3.38. The Morgan fingerprint density at radius 2 is 2.12 bits per heavy atom. The molecule has 1 N–H and O–H groups in total. The highest BCUT2D eigenvalue weighted by molar-refractivity contribution is 5.73. The van der Waals surface area contributed by atoms with E-state index in [2.05, 4.69) is 0 Å². The van der Waals surface area contributed by atoms with E-state index in [0.29, 0.717) is 0 Å². The molecule has 0 amide bonds. The molecule has 0 spiro atoms. The summed E-state index contributed by atoms with van der Waals surface area (Å²) >= 11 is 0. The monoisotopic (exact) mass is 230 g/mol. The summed E-state index contributed by atoms with van der Waals surface area (Å²) in [6.07, 6.45) is -2.16. The summed E-state index contributed by atoms with van der Waals surface area (Å²) < 4.78 is 31.6. The number of methoxy groups -OCH3 is 1. The molecule has 0 aliphatic rings. The van der Waals surface area contributed by atoms with Crippen molar-refractivity contribution in [1.29, 1.82) is 0 Å². The zero-order chi connectivity index (χ0) is 12.3. The van der Waals surface area contributed by atoms with Crippen LogP contribution in [0.15, 0.2) is 18.2 Å². The third-order valence-corrected chi connectivity index (χ3v) is 2.36. The molecular weight excluding hydrogens is 218 g/mol. The van der Waals surface area contributed by atoms with E-state index < -0.39 is 23.9 Å². The van der Waals surface area contributed by atoms with Crippen LogP contribution in [0.3, 0.4) is 0 Å². The Bertz CT molecular complexity index is 393. The molecule has 16 heavy (non-hydrogen) atoms. The smallest absolute Gasteiger partial charge is 0.338 e. The first kappa shape index (κ1) is 12.4. The SMILES string of the molecule is COc1cccc(F)c1C(C)C(F)C(=O)O. The molecule has 0 saturated heterocycles. The summed E-state index contributed by atoms with van der Waals surface area (Å²) in [6, 6.07) is 4.02. The van der Waals surface area contributed by atoms with Crippen LogP contribution >= 0.6 is 0 Å². The lowest BCUT2D eigenvalue weighted by atomic mass is 9.95. The van der Waals surface area contributed by atoms with Crippen molar-refractivity contribution in [2.45, 2.75) is 19.0 Å². The number of rotatable bonds is 4. The number of carboxylic acid groups (broad SMARTS) is 1. The molecule has 3 nitrogen and oxygen atoms in total. The third-order valence-electron chi connectivity index (χ3n) is 2.36. The van der Waals surface area contributed by atoms with Gasteiger partial charge in [0, 0.05) is 11.5 Å². The van der Waals surface area contributed by atoms with Crippen LogP contribution in [0.5, 0.6) is 5.75 Å². The molecule has 1 aromatic rings. The van der Waals surface area contributed by atoms with Crippen LogP contribution in [0.1, 0.15) is 18.4 Å². The Labute approximate surface area is 91.7 Å². The Morgan fingerprint density at radius 1 is 1.50 bits per heavy atom. The number of hydrogen-bond donors (Lipinski definition) is 1. The van der Waals surface area contributed by atoms with Crippen LogP contribution < -0.4 is 4.74 Å². The third kappa shape index (κ3) is 2.29. The van der Waals surface area contributed by atoms with Crippen LogP contribution in [0.25, 0.3) is 0 Å². The summed E-state index contributed by atoms with van der Waals surface area (Å²) in [5, 5.41) is 8.53. The van der Waals surface area contributed by atoms with E-state index >= 15 is 0 Å². The number of hydrogen-bond acceptors (Lipinski definition) is 2. The van der Waals surface area contributed by atoms with Gasteiger partial charge in [0.05, 0.1) is 7.11 Å². The highest BCUT2D eigenvalue weighted by atomic mass is 19.1. The number of aliphatic carboxylic acids is 1. The molecule has 0 saturated carbocycles. The van der Waals surface area contributed by atoms with Crippen molar-refractivity contribution in [3.8, 4) is 5.75 Å². The maximum atomic E-state index is 13.5. The lowest BCUT2D eigenvalue weighted by molar-refractivity contribution is -0.143. The van der Waals surface area contributed by atoms with Gasteiger partial charge in [-0.1, -0.05) is 13.0 Å². The standard InChI is InChI=1S/C11H12F2O3/c1-6(10(13)11(14)15)9-7(12)4-3-5-8(9)16-2/h3-6,10H,1-2H3,(H,14,15). The van der Waals surface area contributed by atoms with Crippen molar-refractivity contribution in [2.24, 2.45) is 0 Å². The maximum Gasteiger partial charge on any atom is 0.338 e. The quantitative estimate of drug-likeness (QED) is 0.863. The van der Waals surface area contributed by atoms with E-state index in [-0.39, 0.29) is 11.3 Å². The normalized spacial score (nSPS) is 14.2. The lowest BCUT2D eigenvalue weighted by Gasteiger charge is -2.17. The van der Waals surface area contributed by atoms with Crippen LogP contribution in [0, 0.1) is 5.82 Å². The van der Waals surface area contributed by atoms with Crippen molar-refractivity contribution in [2.75, 3.05) is 7.11 Å². The molecule has 0 bridgehead atoms. The van der Waals surface area contributed by atoms with Gasteiger partial charge in [0.15, 0.2) is 0 Å². The van der Waals surface area contributed by atoms with Gasteiger partial charge in [-0.2, -0.15) is 0 Å². The average Bonchev–Trinajstić information content (AvgIpc) is 2.26. The molecule has 0 aliphatic heterocycles. The molecule has 5 heteroatoms. The Morgan fingerprint density at radius 3 is 2.62 bits per heavy atom. The summed E-state index contributed by atoms with van der Waals surface area (Å²) in [7, 11) is 1.32. The van der Waals surface area contributed by atoms with Crippen molar-refractivity contribution >= 4 is 5.97 Å². The van der Waals surface area contributed by atoms with E-state index in [9.17, 15) is 13.6 Å². The second-order valence-corrected chi connectivity index (χ2v) is 3.38. The fourth-order valence-corrected chi connectivity index (χ4v) is 1.50. The Kier molecular flexibility index (Phi) is 3.82. The number of benzene rings is 1. The molecule has 0 heterocycles. The number of halogens is 2. The van der Waals surface area contributed by atoms with Crippen LogP contribution in [0.2, 0.25) is 0 Å². The fraction of sp³-hybridized carbons (Fsp3) is 0.364. The summed E-state index contributed by atoms with van der Waals surface area (Å²) in [6.45, 7) is 1.31. The minimum absolute atomic E-state index is 0.0556. The lowest BCUT2D eigenvalue weighted by Crippen LogP contribution is -2.22. The average molecular weight is 230 g/mol. The van der Waals surface area contributed by atoms with E-state index in [1.165, 1.54) is 26.2 Å². The largest absolute Gasteiger partial charge is 0.496 e.